The van der Waals surface area contributed by atoms with Gasteiger partial charge in [0.25, 0.3) is 0 Å². The molecule has 1 atom stereocenters. The molecule has 2 N–H and O–H groups in total. The maximum absolute atomic E-state index is 13.1. The van der Waals surface area contributed by atoms with Gasteiger partial charge in [-0.15, -0.1) is 0 Å². The van der Waals surface area contributed by atoms with Crippen LogP contribution >= 0.6 is 11.3 Å². The van der Waals surface area contributed by atoms with E-state index in [9.17, 15) is 19.7 Å². The number of thiophene rings is 1. The first-order valence-corrected chi connectivity index (χ1v) is 17.9. The van der Waals surface area contributed by atoms with Crippen LogP contribution in [-0.4, -0.2) is 95.0 Å². The van der Waals surface area contributed by atoms with E-state index in [1.807, 2.05) is 0 Å². The Kier molecular flexibility index (Phi) is 9.89. The van der Waals surface area contributed by atoms with Crippen molar-refractivity contribution in [3.63, 3.8) is 0 Å². The zero-order valence-electron chi connectivity index (χ0n) is 25.5. The monoisotopic (exact) mass is 776 g/mol. The molecule has 248 valence electrons. The maximum atomic E-state index is 13.1. The number of aromatic nitrogens is 4. The van der Waals surface area contributed by atoms with Gasteiger partial charge in [-0.1, -0.05) is 0 Å². The molecule has 0 saturated carbocycles. The second-order valence-corrected chi connectivity index (χ2v) is 14.5. The van der Waals surface area contributed by atoms with Crippen molar-refractivity contribution in [2.45, 2.75) is 26.5 Å². The van der Waals surface area contributed by atoms with Gasteiger partial charge in [0.1, 0.15) is 0 Å². The molecule has 2 aliphatic rings. The number of rotatable bonds is 8. The van der Waals surface area contributed by atoms with Gasteiger partial charge in [0.15, 0.2) is 0 Å². The van der Waals surface area contributed by atoms with Gasteiger partial charge in [0, 0.05) is 0 Å². The number of nitro benzene ring substituents is 1. The van der Waals surface area contributed by atoms with Crippen LogP contribution in [0, 0.1) is 17.0 Å². The Balaban J connectivity index is 1.10. The number of nitro groups is 1. The first-order valence-electron chi connectivity index (χ1n) is 14.6. The van der Waals surface area contributed by atoms with Crippen molar-refractivity contribution in [3.05, 3.63) is 57.2 Å². The molecule has 2 fully saturated rings. The minimum atomic E-state index is -1.06. The number of carbonyl (C=O) groups is 2. The van der Waals surface area contributed by atoms with Crippen LogP contribution < -0.4 is 36.8 Å². The Hall–Kier alpha value is -4.27. The molecule has 0 radical (unpaired) electrons. The van der Waals surface area contributed by atoms with E-state index in [0.29, 0.717) is 42.2 Å². The van der Waals surface area contributed by atoms with Crippen molar-refractivity contribution in [1.82, 2.24) is 27.9 Å². The van der Waals surface area contributed by atoms with Crippen molar-refractivity contribution >= 4 is 51.1 Å². The molecule has 16 nitrogen and oxygen atoms in total. The van der Waals surface area contributed by atoms with Crippen LogP contribution in [-0.2, 0) is 20.8 Å². The molecule has 1 amide bonds. The summed E-state index contributed by atoms with van der Waals surface area (Å²) < 4.78 is 19.9. The summed E-state index contributed by atoms with van der Waals surface area (Å²) in [5.74, 6) is 1.38. The Morgan fingerprint density at radius 3 is 2.51 bits per heavy atom. The van der Waals surface area contributed by atoms with Crippen molar-refractivity contribution in [1.29, 1.82) is 0 Å². The number of nitrogens with zero attached hydrogens (tertiary/aromatic N) is 8. The molecule has 6 rings (SSSR count). The zero-order chi connectivity index (χ0) is 33.1. The quantitative estimate of drug-likeness (QED) is 0.0368. The van der Waals surface area contributed by atoms with Crippen LogP contribution in [0.15, 0.2) is 36.7 Å². The summed E-state index contributed by atoms with van der Waals surface area (Å²) in [6.07, 6.45) is 1.17. The molecule has 0 aliphatic carbocycles. The third-order valence-corrected chi connectivity index (χ3v) is 11.7. The van der Waals surface area contributed by atoms with E-state index in [0.717, 1.165) is 41.2 Å². The molecule has 2 aliphatic heterocycles. The molecular weight excluding hydrogens is 745 g/mol. The fourth-order valence-electron chi connectivity index (χ4n) is 4.98. The van der Waals surface area contributed by atoms with E-state index in [1.165, 1.54) is 36.1 Å². The van der Waals surface area contributed by atoms with Gasteiger partial charge in [0.05, 0.1) is 0 Å². The topological polar surface area (TPSA) is 192 Å². The number of amides is 1. The van der Waals surface area contributed by atoms with Crippen LogP contribution in [0.5, 0.6) is 5.75 Å². The number of hydrogen-bond acceptors (Lipinski definition) is 15. The van der Waals surface area contributed by atoms with E-state index in [2.05, 4.69) is 24.9 Å². The molecule has 47 heavy (non-hydrogen) atoms. The van der Waals surface area contributed by atoms with Gasteiger partial charge in [-0.2, -0.15) is 0 Å². The predicted octanol–water partition coefficient (Wildman–Crippen LogP) is -0.00648. The number of morpholine rings is 1. The summed E-state index contributed by atoms with van der Waals surface area (Å²) in [6, 6.07) is 5.01. The molecular formula is C29H31IN9O7S-. The standard InChI is InChI=1S/C29H31IN9O7S/c1-17-22(47-24-23(17)34-25(19-13-32-28(31)33-14-19)35-26(24)36-9-11-44-12-10-36)15-38-8-7-37(16-30-38)27(40)18(2)45-29(41)46-21-5-3-20(4-6-21)39(42)43/h3-6,13-14,18H,7-12,15-16H2,1-2H3,(H2,31,32,33)/q-1/t18-/m0/s1. The number of halogens is 1. The molecule has 0 unspecified atom stereocenters. The molecule has 2 saturated heterocycles. The molecule has 4 aromatic rings. The number of hydrogen-bond donors (Lipinski definition) is 1. The zero-order valence-corrected chi connectivity index (χ0v) is 28.5. The van der Waals surface area contributed by atoms with Gasteiger partial charge >= 0.3 is 275 Å². The van der Waals surface area contributed by atoms with Gasteiger partial charge in [-0.05, 0) is 0 Å². The third kappa shape index (κ3) is 7.50. The minimum absolute atomic E-state index is 0.0785. The van der Waals surface area contributed by atoms with Crippen molar-refractivity contribution in [2.24, 2.45) is 0 Å². The SMILES string of the molecule is Cc1c(CN2CCN(C(=O)[C@H](C)OC(=O)Oc3ccc([N+](=O)[O-])cc3)C[I-]2)sc2c(N3CCOCC3)nc(-c3cnc(N)nc3)nc12. The Bertz CT molecular complexity index is 1780. The number of anilines is 2. The number of ether oxygens (including phenoxy) is 3. The van der Waals surface area contributed by atoms with E-state index >= 15 is 0 Å². The van der Waals surface area contributed by atoms with E-state index in [1.54, 1.807) is 28.6 Å². The summed E-state index contributed by atoms with van der Waals surface area (Å²) in [5.41, 5.74) is 8.25. The first-order chi connectivity index (χ1) is 22.7. The number of nitrogens with two attached hydrogens (primary N) is 1. The number of non-ortho nitro benzene ring substituents is 1. The van der Waals surface area contributed by atoms with Gasteiger partial charge in [-0.25, -0.2) is 0 Å². The number of fused-ring (bicyclic) bond motifs is 1. The Morgan fingerprint density at radius 1 is 1.13 bits per heavy atom. The number of aryl methyl sites for hydroxylation is 1. The third-order valence-electron chi connectivity index (χ3n) is 7.56. The van der Waals surface area contributed by atoms with E-state index < -0.39 is 38.7 Å². The summed E-state index contributed by atoms with van der Waals surface area (Å²) in [7, 11) is 0. The second-order valence-electron chi connectivity index (χ2n) is 10.7. The van der Waals surface area contributed by atoms with E-state index in [-0.39, 0.29) is 23.3 Å². The van der Waals surface area contributed by atoms with Crippen LogP contribution in [0.25, 0.3) is 21.6 Å². The van der Waals surface area contributed by atoms with Gasteiger partial charge < -0.3 is 0 Å². The summed E-state index contributed by atoms with van der Waals surface area (Å²) in [5, 5.41) is 10.8. The molecule has 5 heterocycles. The normalized spacial score (nSPS) is 16.4. The van der Waals surface area contributed by atoms with Crippen LogP contribution in [0.3, 0.4) is 0 Å². The molecule has 18 heteroatoms. The fraction of sp³-hybridized carbons (Fsp3) is 0.379. The van der Waals surface area contributed by atoms with Crippen molar-refractivity contribution < 1.29 is 50.2 Å². The summed E-state index contributed by atoms with van der Waals surface area (Å²) >= 11 is 1.17. The number of nitrogen functional groups attached to an aromatic ring is 1. The Labute approximate surface area is 283 Å². The molecule has 1 aromatic carbocycles. The average molecular weight is 777 g/mol. The number of benzene rings is 1. The van der Waals surface area contributed by atoms with Crippen LogP contribution in [0.1, 0.15) is 17.4 Å². The summed E-state index contributed by atoms with van der Waals surface area (Å²) in [4.78, 5) is 58.9. The van der Waals surface area contributed by atoms with E-state index in [4.69, 9.17) is 29.9 Å². The first kappa shape index (κ1) is 32.7. The molecule has 0 bridgehead atoms. The average Bonchev–Trinajstić information content (AvgIpc) is 3.39. The van der Waals surface area contributed by atoms with Crippen LogP contribution in [0.4, 0.5) is 22.2 Å². The van der Waals surface area contributed by atoms with Crippen molar-refractivity contribution in [2.75, 3.05) is 54.6 Å². The molecule has 0 spiro atoms. The molecule has 3 aromatic heterocycles. The Morgan fingerprint density at radius 2 is 1.85 bits per heavy atom. The second kappa shape index (κ2) is 14.2. The van der Waals surface area contributed by atoms with Crippen molar-refractivity contribution in [3.8, 4) is 17.1 Å². The van der Waals surface area contributed by atoms with Gasteiger partial charge in [-0.3, -0.25) is 10.1 Å². The summed E-state index contributed by atoms with van der Waals surface area (Å²) in [6.45, 7) is 8.21. The fourth-order valence-corrected chi connectivity index (χ4v) is 9.11. The van der Waals surface area contributed by atoms with Crippen LogP contribution in [0.2, 0.25) is 0 Å². The van der Waals surface area contributed by atoms with Gasteiger partial charge in [0.2, 0.25) is 0 Å². The number of carbonyl (C=O) groups excluding carboxylic acids is 2. The number of alkyl halides is 1. The predicted molar refractivity (Wildman–Crippen MR) is 167 cm³/mol.